The van der Waals surface area contributed by atoms with Crippen molar-refractivity contribution in [2.45, 2.75) is 120 Å². The van der Waals surface area contributed by atoms with Crippen molar-refractivity contribution < 1.29 is 0 Å². The van der Waals surface area contributed by atoms with Gasteiger partial charge in [-0.05, 0) is 92.5 Å². The van der Waals surface area contributed by atoms with E-state index in [1.807, 2.05) is 13.8 Å². The van der Waals surface area contributed by atoms with Gasteiger partial charge in [-0.2, -0.15) is 0 Å². The monoisotopic (exact) mass is 450 g/mol. The molecule has 1 unspecified atom stereocenters. The quantitative estimate of drug-likeness (QED) is 0.345. The van der Waals surface area contributed by atoms with Crippen molar-refractivity contribution in [2.75, 3.05) is 0 Å². The zero-order valence-corrected chi connectivity index (χ0v) is 23.4. The van der Waals surface area contributed by atoms with Crippen molar-refractivity contribution in [1.29, 1.82) is 0 Å². The van der Waals surface area contributed by atoms with E-state index in [9.17, 15) is 0 Å². The van der Waals surface area contributed by atoms with Gasteiger partial charge in [0.25, 0.3) is 0 Å². The van der Waals surface area contributed by atoms with Gasteiger partial charge in [0, 0.05) is 0 Å². The van der Waals surface area contributed by atoms with Crippen LogP contribution >= 0.6 is 0 Å². The fourth-order valence-corrected chi connectivity index (χ4v) is 4.67. The molecule has 0 N–H and O–H groups in total. The van der Waals surface area contributed by atoms with Gasteiger partial charge in [0.05, 0.1) is 0 Å². The minimum absolute atomic E-state index is 0.682. The number of unbranched alkanes of at least 4 members (excludes halogenated alkanes) is 1. The molecule has 2 aliphatic rings. The number of benzene rings is 1. The molecule has 0 spiro atoms. The molecule has 1 atom stereocenters. The number of aryl methyl sites for hydroxylation is 3. The minimum atomic E-state index is 0.682. The van der Waals surface area contributed by atoms with Crippen molar-refractivity contribution in [3.63, 3.8) is 0 Å². The van der Waals surface area contributed by atoms with Crippen molar-refractivity contribution in [1.82, 2.24) is 0 Å². The van der Waals surface area contributed by atoms with Crippen LogP contribution in [0.2, 0.25) is 0 Å². The lowest BCUT2D eigenvalue weighted by atomic mass is 9.85. The van der Waals surface area contributed by atoms with E-state index in [2.05, 4.69) is 85.1 Å². The average molecular weight is 451 g/mol. The Labute approximate surface area is 208 Å². The molecule has 0 bridgehead atoms. The van der Waals surface area contributed by atoms with E-state index in [4.69, 9.17) is 0 Å². The molecule has 0 radical (unpaired) electrons. The first-order chi connectivity index (χ1) is 16.0. The lowest BCUT2D eigenvalue weighted by molar-refractivity contribution is 0.529. The Morgan fingerprint density at radius 2 is 1.64 bits per heavy atom. The highest BCUT2D eigenvalue weighted by Crippen LogP contribution is 2.34. The Kier molecular flexibility index (Phi) is 17.6. The molecule has 33 heavy (non-hydrogen) atoms. The third-order valence-corrected chi connectivity index (χ3v) is 6.44. The number of hydrogen-bond donors (Lipinski definition) is 0. The molecule has 0 fully saturated rings. The second-order valence-corrected chi connectivity index (χ2v) is 9.06. The maximum absolute atomic E-state index is 3.00. The maximum Gasteiger partial charge on any atom is -0.0130 e. The van der Waals surface area contributed by atoms with E-state index in [1.165, 1.54) is 75.3 Å². The summed E-state index contributed by atoms with van der Waals surface area (Å²) in [5.41, 5.74) is 10.9. The highest BCUT2D eigenvalue weighted by Gasteiger charge is 2.17. The summed E-state index contributed by atoms with van der Waals surface area (Å²) in [6.45, 7) is 23.5. The minimum Gasteiger partial charge on any atom is -0.106 e. The molecule has 1 aromatic rings. The lowest BCUT2D eigenvalue weighted by Gasteiger charge is -2.20. The molecule has 0 saturated carbocycles. The fraction of sp³-hybridized carbons (Fsp3) is 0.576. The molecule has 186 valence electrons. The van der Waals surface area contributed by atoms with Crippen molar-refractivity contribution in [2.24, 2.45) is 5.92 Å². The largest absolute Gasteiger partial charge is 0.106 e. The predicted octanol–water partition coefficient (Wildman–Crippen LogP) is 11.0. The molecule has 0 saturated heterocycles. The number of allylic oxidation sites excluding steroid dienone is 5. The zero-order valence-electron chi connectivity index (χ0n) is 23.4. The van der Waals surface area contributed by atoms with E-state index in [1.54, 1.807) is 27.8 Å². The summed E-state index contributed by atoms with van der Waals surface area (Å²) in [6, 6.07) is 4.92. The summed E-state index contributed by atoms with van der Waals surface area (Å²) in [4.78, 5) is 0. The molecule has 0 nitrogen and oxygen atoms in total. The maximum atomic E-state index is 3.00. The van der Waals surface area contributed by atoms with Crippen molar-refractivity contribution >= 4 is 6.08 Å². The number of fused-ring (bicyclic) bond motifs is 1. The second-order valence-electron chi connectivity index (χ2n) is 9.06. The van der Waals surface area contributed by atoms with Gasteiger partial charge in [0.1, 0.15) is 0 Å². The van der Waals surface area contributed by atoms with Gasteiger partial charge in [0.2, 0.25) is 0 Å². The Morgan fingerprint density at radius 3 is 2.21 bits per heavy atom. The van der Waals surface area contributed by atoms with Crippen molar-refractivity contribution in [3.8, 4) is 0 Å². The fourth-order valence-electron chi connectivity index (χ4n) is 4.67. The van der Waals surface area contributed by atoms with Crippen molar-refractivity contribution in [3.05, 3.63) is 76.4 Å². The average Bonchev–Trinajstić information content (AvgIpc) is 3.48. The zero-order chi connectivity index (χ0) is 25.2. The molecule has 0 aliphatic heterocycles. The van der Waals surface area contributed by atoms with Crippen LogP contribution in [0.4, 0.5) is 0 Å². The normalized spacial score (nSPS) is 15.0. The molecule has 0 aromatic heterocycles. The van der Waals surface area contributed by atoms with E-state index in [0.717, 1.165) is 0 Å². The Bertz CT molecular complexity index is 756. The second kappa shape index (κ2) is 18.6. The summed E-state index contributed by atoms with van der Waals surface area (Å²) in [7, 11) is 0. The summed E-state index contributed by atoms with van der Waals surface area (Å²) >= 11 is 0. The highest BCUT2D eigenvalue weighted by atomic mass is 14.2. The first kappa shape index (κ1) is 31.2. The summed E-state index contributed by atoms with van der Waals surface area (Å²) in [5.74, 6) is 0.682. The highest BCUT2D eigenvalue weighted by molar-refractivity contribution is 5.59. The van der Waals surface area contributed by atoms with Crippen LogP contribution in [0.1, 0.15) is 122 Å². The predicted molar refractivity (Wildman–Crippen MR) is 154 cm³/mol. The Morgan fingerprint density at radius 1 is 1.03 bits per heavy atom. The number of hydrogen-bond acceptors (Lipinski definition) is 0. The van der Waals surface area contributed by atoms with Crippen LogP contribution in [0.15, 0.2) is 54.2 Å². The molecule has 1 aromatic carbocycles. The van der Waals surface area contributed by atoms with E-state index >= 15 is 0 Å². The summed E-state index contributed by atoms with van der Waals surface area (Å²) in [6.07, 6.45) is 19.9. The van der Waals surface area contributed by atoms with Gasteiger partial charge >= 0.3 is 0 Å². The number of rotatable bonds is 8. The molecule has 0 amide bonds. The van der Waals surface area contributed by atoms with Crippen LogP contribution in [-0.2, 0) is 12.8 Å². The van der Waals surface area contributed by atoms with E-state index in [-0.39, 0.29) is 0 Å². The molecular weight excluding hydrogens is 396 g/mol. The first-order valence-electron chi connectivity index (χ1n) is 13.7. The molecule has 0 heterocycles. The molecule has 3 rings (SSSR count). The summed E-state index contributed by atoms with van der Waals surface area (Å²) in [5, 5.41) is 0. The Hall–Kier alpha value is -1.82. The smallest absolute Gasteiger partial charge is 0.0130 e. The lowest BCUT2D eigenvalue weighted by Crippen LogP contribution is -2.05. The molecule has 2 aliphatic carbocycles. The Balaban J connectivity index is 0.00000132. The van der Waals surface area contributed by atoms with Gasteiger partial charge in [-0.1, -0.05) is 102 Å². The van der Waals surface area contributed by atoms with Gasteiger partial charge in [-0.3, -0.25) is 0 Å². The third kappa shape index (κ3) is 10.3. The van der Waals surface area contributed by atoms with Crippen LogP contribution < -0.4 is 0 Å². The standard InChI is InChI=1S/C26H36.C3H8.C2H6.C2H4/c1-5-7-10-22(17-24-13-8-11-21(24)6-2)19(3)16-26-18-25-14-9-12-23(25)15-20(26)4;1-3-2;2*1-2/h8,13,15-16,18,22H,5-7,9-12,14,17H2,1-4H3;3H2,1-2H3;1-2H3;1-2H2/b19-16+;;;. The third-order valence-electron chi connectivity index (χ3n) is 6.44. The topological polar surface area (TPSA) is 0 Å². The van der Waals surface area contributed by atoms with Crippen LogP contribution in [0.25, 0.3) is 6.08 Å². The van der Waals surface area contributed by atoms with Crippen LogP contribution in [0.3, 0.4) is 0 Å². The van der Waals surface area contributed by atoms with Gasteiger partial charge in [-0.25, -0.2) is 0 Å². The molecule has 0 heteroatoms. The summed E-state index contributed by atoms with van der Waals surface area (Å²) < 4.78 is 0. The van der Waals surface area contributed by atoms with Crippen LogP contribution in [0.5, 0.6) is 0 Å². The van der Waals surface area contributed by atoms with Crippen LogP contribution in [-0.4, -0.2) is 0 Å². The van der Waals surface area contributed by atoms with Gasteiger partial charge < -0.3 is 0 Å². The SMILES string of the molecule is C=C.CC.CCC.CCCCC(CC1=C(CC)CC=C1)/C(C)=C/c1cc2c(cc1C)CCC2. The van der Waals surface area contributed by atoms with Gasteiger partial charge in [0.15, 0.2) is 0 Å². The van der Waals surface area contributed by atoms with E-state index in [0.29, 0.717) is 5.92 Å². The van der Waals surface area contributed by atoms with Gasteiger partial charge in [-0.15, -0.1) is 13.2 Å². The van der Waals surface area contributed by atoms with Crippen LogP contribution in [0, 0.1) is 12.8 Å². The molecular formula is C33H54. The first-order valence-corrected chi connectivity index (χ1v) is 13.7. The van der Waals surface area contributed by atoms with E-state index < -0.39 is 0 Å².